The normalized spacial score (nSPS) is 21.5. The van der Waals surface area contributed by atoms with Crippen LogP contribution < -0.4 is 5.73 Å². The van der Waals surface area contributed by atoms with E-state index in [1.54, 1.807) is 0 Å². The Kier molecular flexibility index (Phi) is 4.27. The van der Waals surface area contributed by atoms with Crippen molar-refractivity contribution < 1.29 is 26.0 Å². The number of nitrogens with two attached hydrogens (primary N) is 1. The fourth-order valence-corrected chi connectivity index (χ4v) is 3.83. The van der Waals surface area contributed by atoms with Gasteiger partial charge in [-0.3, -0.25) is 0 Å². The quantitative estimate of drug-likeness (QED) is 0.845. The second kappa shape index (κ2) is 5.54. The molecule has 0 spiro atoms. The Hall–Kier alpha value is -1.19. The van der Waals surface area contributed by atoms with Gasteiger partial charge in [-0.25, -0.2) is 12.8 Å². The Balaban J connectivity index is 2.44. The van der Waals surface area contributed by atoms with Crippen LogP contribution in [-0.2, 0) is 16.2 Å². The van der Waals surface area contributed by atoms with E-state index in [1.165, 1.54) is 0 Å². The molecule has 118 valence electrons. The van der Waals surface area contributed by atoms with Crippen molar-refractivity contribution in [3.05, 3.63) is 29.6 Å². The van der Waals surface area contributed by atoms with Crippen LogP contribution in [0.3, 0.4) is 0 Å². The van der Waals surface area contributed by atoms with Gasteiger partial charge in [-0.1, -0.05) is 0 Å². The number of piperidine rings is 1. The molecule has 0 aliphatic carbocycles. The van der Waals surface area contributed by atoms with Crippen molar-refractivity contribution in [3.8, 4) is 0 Å². The van der Waals surface area contributed by atoms with E-state index in [0.29, 0.717) is 31.0 Å². The van der Waals surface area contributed by atoms with Gasteiger partial charge in [0.15, 0.2) is 0 Å². The number of alkyl halides is 3. The second-order valence-corrected chi connectivity index (χ2v) is 6.81. The van der Waals surface area contributed by atoms with Crippen molar-refractivity contribution in [2.24, 2.45) is 5.73 Å². The van der Waals surface area contributed by atoms with Crippen LogP contribution in [0.2, 0.25) is 0 Å². The minimum absolute atomic E-state index is 0.0297. The van der Waals surface area contributed by atoms with Gasteiger partial charge < -0.3 is 5.73 Å². The average Bonchev–Trinajstić information content (AvgIpc) is 2.37. The van der Waals surface area contributed by atoms with E-state index in [9.17, 15) is 26.0 Å². The minimum atomic E-state index is -4.74. The molecule has 0 amide bonds. The predicted molar refractivity (Wildman–Crippen MR) is 67.4 cm³/mol. The highest BCUT2D eigenvalue weighted by molar-refractivity contribution is 7.89. The first-order chi connectivity index (χ1) is 9.62. The molecule has 9 heteroatoms. The Morgan fingerprint density at radius 2 is 1.95 bits per heavy atom. The number of rotatable bonds is 2. The van der Waals surface area contributed by atoms with Crippen LogP contribution >= 0.6 is 0 Å². The molecule has 0 radical (unpaired) electrons. The summed E-state index contributed by atoms with van der Waals surface area (Å²) >= 11 is 0. The maximum Gasteiger partial charge on any atom is 0.416 e. The Morgan fingerprint density at radius 3 is 2.52 bits per heavy atom. The third kappa shape index (κ3) is 3.35. The molecule has 1 aliphatic heterocycles. The van der Waals surface area contributed by atoms with Crippen molar-refractivity contribution in [3.63, 3.8) is 0 Å². The van der Waals surface area contributed by atoms with E-state index in [1.807, 2.05) is 0 Å². The predicted octanol–water partition coefficient (Wildman–Crippen LogP) is 1.96. The van der Waals surface area contributed by atoms with E-state index < -0.39 is 38.5 Å². The summed E-state index contributed by atoms with van der Waals surface area (Å²) in [5, 5.41) is 0. The van der Waals surface area contributed by atoms with Crippen LogP contribution in [0.15, 0.2) is 23.1 Å². The van der Waals surface area contributed by atoms with Crippen molar-refractivity contribution in [2.45, 2.75) is 30.0 Å². The monoisotopic (exact) mass is 326 g/mol. The summed E-state index contributed by atoms with van der Waals surface area (Å²) in [5.74, 6) is -1.21. The van der Waals surface area contributed by atoms with Gasteiger partial charge >= 0.3 is 6.18 Å². The summed E-state index contributed by atoms with van der Waals surface area (Å²) in [4.78, 5) is -0.966. The highest BCUT2D eigenvalue weighted by atomic mass is 32.2. The van der Waals surface area contributed by atoms with Gasteiger partial charge in [0.05, 0.1) is 5.56 Å². The van der Waals surface area contributed by atoms with Crippen molar-refractivity contribution in [2.75, 3.05) is 13.1 Å². The molecule has 0 saturated carbocycles. The standard InChI is InChI=1S/C12H14F4N2O2S/c13-10-4-3-8(12(14,15)16)6-11(10)21(19,20)18-5-1-2-9(17)7-18/h3-4,6,9H,1-2,5,7,17H2. The van der Waals surface area contributed by atoms with E-state index >= 15 is 0 Å². The molecular weight excluding hydrogens is 312 g/mol. The van der Waals surface area contributed by atoms with Crippen LogP contribution in [0.4, 0.5) is 17.6 Å². The zero-order valence-electron chi connectivity index (χ0n) is 10.9. The SMILES string of the molecule is NC1CCCN(S(=O)(=O)c2cc(C(F)(F)F)ccc2F)C1. The lowest BCUT2D eigenvalue weighted by Crippen LogP contribution is -2.45. The second-order valence-electron chi connectivity index (χ2n) is 4.91. The molecule has 1 fully saturated rings. The van der Waals surface area contributed by atoms with Crippen LogP contribution in [0.1, 0.15) is 18.4 Å². The smallest absolute Gasteiger partial charge is 0.327 e. The molecule has 1 unspecified atom stereocenters. The number of benzene rings is 1. The number of sulfonamides is 1. The van der Waals surface area contributed by atoms with Gasteiger partial charge in [0.1, 0.15) is 10.7 Å². The molecule has 1 saturated heterocycles. The summed E-state index contributed by atoms with van der Waals surface area (Å²) in [5.41, 5.74) is 4.45. The first-order valence-corrected chi connectivity index (χ1v) is 7.69. The molecule has 4 nitrogen and oxygen atoms in total. The summed E-state index contributed by atoms with van der Waals surface area (Å²) in [6.07, 6.45) is -3.63. The zero-order chi connectivity index (χ0) is 15.8. The zero-order valence-corrected chi connectivity index (χ0v) is 11.7. The molecule has 2 N–H and O–H groups in total. The Morgan fingerprint density at radius 1 is 1.29 bits per heavy atom. The van der Waals surface area contributed by atoms with E-state index in [2.05, 4.69) is 0 Å². The summed E-state index contributed by atoms with van der Waals surface area (Å²) < 4.78 is 77.1. The first kappa shape index (κ1) is 16.2. The molecule has 1 aromatic carbocycles. The highest BCUT2D eigenvalue weighted by Gasteiger charge is 2.35. The van der Waals surface area contributed by atoms with Crippen LogP contribution in [-0.4, -0.2) is 31.9 Å². The minimum Gasteiger partial charge on any atom is -0.327 e. The largest absolute Gasteiger partial charge is 0.416 e. The van der Waals surface area contributed by atoms with E-state index in [4.69, 9.17) is 5.73 Å². The molecule has 0 aromatic heterocycles. The Bertz CT molecular complexity index is 631. The molecule has 21 heavy (non-hydrogen) atoms. The molecule has 2 rings (SSSR count). The number of hydrogen-bond donors (Lipinski definition) is 1. The summed E-state index contributed by atoms with van der Waals surface area (Å²) in [6.45, 7) is 0.0870. The fourth-order valence-electron chi connectivity index (χ4n) is 2.21. The van der Waals surface area contributed by atoms with E-state index in [0.717, 1.165) is 4.31 Å². The summed E-state index contributed by atoms with van der Waals surface area (Å²) in [6, 6.07) is 0.947. The average molecular weight is 326 g/mol. The number of halogens is 4. The molecule has 0 bridgehead atoms. The maximum atomic E-state index is 13.7. The molecule has 1 aromatic rings. The lowest BCUT2D eigenvalue weighted by atomic mass is 10.1. The first-order valence-electron chi connectivity index (χ1n) is 6.25. The van der Waals surface area contributed by atoms with Gasteiger partial charge in [0.2, 0.25) is 10.0 Å². The third-order valence-electron chi connectivity index (χ3n) is 3.30. The van der Waals surface area contributed by atoms with Gasteiger partial charge in [-0.15, -0.1) is 0 Å². The number of hydrogen-bond acceptors (Lipinski definition) is 3. The van der Waals surface area contributed by atoms with Crippen molar-refractivity contribution in [1.29, 1.82) is 0 Å². The molecular formula is C12H14F4N2O2S. The Labute approximate surface area is 119 Å². The lowest BCUT2D eigenvalue weighted by molar-refractivity contribution is -0.137. The van der Waals surface area contributed by atoms with Crippen LogP contribution in [0.25, 0.3) is 0 Å². The van der Waals surface area contributed by atoms with Crippen molar-refractivity contribution >= 4 is 10.0 Å². The van der Waals surface area contributed by atoms with E-state index in [-0.39, 0.29) is 13.1 Å². The highest BCUT2D eigenvalue weighted by Crippen LogP contribution is 2.32. The van der Waals surface area contributed by atoms with Gasteiger partial charge in [0.25, 0.3) is 0 Å². The summed E-state index contributed by atoms with van der Waals surface area (Å²) in [7, 11) is -4.33. The van der Waals surface area contributed by atoms with Crippen LogP contribution in [0.5, 0.6) is 0 Å². The topological polar surface area (TPSA) is 63.4 Å². The molecule has 1 heterocycles. The van der Waals surface area contributed by atoms with Crippen molar-refractivity contribution in [1.82, 2.24) is 4.31 Å². The van der Waals surface area contributed by atoms with Gasteiger partial charge in [-0.05, 0) is 31.0 Å². The van der Waals surface area contributed by atoms with Gasteiger partial charge in [0, 0.05) is 19.1 Å². The van der Waals surface area contributed by atoms with Crippen LogP contribution in [0, 0.1) is 5.82 Å². The maximum absolute atomic E-state index is 13.7. The lowest BCUT2D eigenvalue weighted by Gasteiger charge is -2.30. The third-order valence-corrected chi connectivity index (χ3v) is 5.18. The van der Waals surface area contributed by atoms with Gasteiger partial charge in [-0.2, -0.15) is 17.5 Å². The molecule has 1 atom stereocenters. The molecule has 1 aliphatic rings. The fraction of sp³-hybridized carbons (Fsp3) is 0.500. The number of nitrogens with zero attached hydrogens (tertiary/aromatic N) is 1.